The van der Waals surface area contributed by atoms with Crippen LogP contribution in [0, 0.1) is 0 Å². The van der Waals surface area contributed by atoms with Crippen molar-refractivity contribution in [2.75, 3.05) is 18.0 Å². The van der Waals surface area contributed by atoms with Gasteiger partial charge in [0.1, 0.15) is 0 Å². The number of hydrogen-bond donors (Lipinski definition) is 1. The SMILES string of the molecule is Cn1cncc1-c1ccnc(C(=O)N[C@H]2CCN(c3ccccc3)C2)n1. The highest BCUT2D eigenvalue weighted by molar-refractivity contribution is 5.91. The number of carbonyl (C=O) groups excluding carboxylic acids is 1. The van der Waals surface area contributed by atoms with E-state index in [2.05, 4.69) is 37.3 Å². The molecule has 1 N–H and O–H groups in total. The Balaban J connectivity index is 1.44. The monoisotopic (exact) mass is 348 g/mol. The van der Waals surface area contributed by atoms with Crippen LogP contribution in [0.15, 0.2) is 55.1 Å². The Morgan fingerprint density at radius 3 is 2.85 bits per heavy atom. The third kappa shape index (κ3) is 3.28. The summed E-state index contributed by atoms with van der Waals surface area (Å²) in [5, 5.41) is 3.05. The second-order valence-electron chi connectivity index (χ2n) is 6.40. The minimum absolute atomic E-state index is 0.0895. The highest BCUT2D eigenvalue weighted by atomic mass is 16.2. The molecule has 0 unspecified atom stereocenters. The van der Waals surface area contributed by atoms with Crippen molar-refractivity contribution in [2.24, 2.45) is 7.05 Å². The molecule has 1 saturated heterocycles. The van der Waals surface area contributed by atoms with Gasteiger partial charge in [0.15, 0.2) is 0 Å². The van der Waals surface area contributed by atoms with Crippen molar-refractivity contribution in [3.8, 4) is 11.4 Å². The van der Waals surface area contributed by atoms with Crippen LogP contribution < -0.4 is 10.2 Å². The van der Waals surface area contributed by atoms with Crippen LogP contribution in [0.1, 0.15) is 17.0 Å². The molecule has 1 amide bonds. The Morgan fingerprint density at radius 2 is 2.08 bits per heavy atom. The summed E-state index contributed by atoms with van der Waals surface area (Å²) in [6.07, 6.45) is 5.93. The molecule has 3 heterocycles. The van der Waals surface area contributed by atoms with Crippen molar-refractivity contribution in [3.05, 3.63) is 60.9 Å². The van der Waals surface area contributed by atoms with Crippen LogP contribution in [0.25, 0.3) is 11.4 Å². The Labute approximate surface area is 151 Å². The maximum absolute atomic E-state index is 12.6. The molecule has 1 aromatic carbocycles. The van der Waals surface area contributed by atoms with Crippen molar-refractivity contribution in [2.45, 2.75) is 12.5 Å². The summed E-state index contributed by atoms with van der Waals surface area (Å²) in [7, 11) is 1.89. The standard InChI is InChI=1S/C19H20N6O/c1-24-13-20-11-17(24)16-7-9-21-18(23-16)19(26)22-14-8-10-25(12-14)15-5-3-2-4-6-15/h2-7,9,11,13-14H,8,10,12H2,1H3,(H,22,26)/t14-/m0/s1. The smallest absolute Gasteiger partial charge is 0.289 e. The number of nitrogens with one attached hydrogen (secondary N) is 1. The van der Waals surface area contributed by atoms with Gasteiger partial charge >= 0.3 is 0 Å². The number of hydrogen-bond acceptors (Lipinski definition) is 5. The van der Waals surface area contributed by atoms with Gasteiger partial charge in [-0.2, -0.15) is 0 Å². The van der Waals surface area contributed by atoms with E-state index in [1.807, 2.05) is 29.8 Å². The average molecular weight is 348 g/mol. The number of amides is 1. The summed E-state index contributed by atoms with van der Waals surface area (Å²) in [6.45, 7) is 1.71. The van der Waals surface area contributed by atoms with Gasteiger partial charge < -0.3 is 14.8 Å². The fourth-order valence-electron chi connectivity index (χ4n) is 3.22. The van der Waals surface area contributed by atoms with Gasteiger partial charge in [-0.15, -0.1) is 0 Å². The molecule has 132 valence electrons. The number of benzene rings is 1. The number of aryl methyl sites for hydroxylation is 1. The van der Waals surface area contributed by atoms with Crippen molar-refractivity contribution >= 4 is 11.6 Å². The number of para-hydroxylation sites is 1. The van der Waals surface area contributed by atoms with Crippen molar-refractivity contribution in [1.82, 2.24) is 24.8 Å². The number of rotatable bonds is 4. The first-order valence-electron chi connectivity index (χ1n) is 8.61. The predicted octanol–water partition coefficient (Wildman–Crippen LogP) is 1.89. The Morgan fingerprint density at radius 1 is 1.23 bits per heavy atom. The molecular formula is C19H20N6O. The third-order valence-corrected chi connectivity index (χ3v) is 4.58. The van der Waals surface area contributed by atoms with Crippen LogP contribution in [-0.2, 0) is 7.05 Å². The van der Waals surface area contributed by atoms with E-state index in [0.717, 1.165) is 25.2 Å². The molecule has 1 aliphatic rings. The first kappa shape index (κ1) is 16.3. The number of carbonyl (C=O) groups is 1. The Bertz CT molecular complexity index is 907. The molecule has 0 aliphatic carbocycles. The molecule has 26 heavy (non-hydrogen) atoms. The predicted molar refractivity (Wildman–Crippen MR) is 98.8 cm³/mol. The van der Waals surface area contributed by atoms with Crippen LogP contribution in [-0.4, -0.2) is 44.6 Å². The van der Waals surface area contributed by atoms with Crippen molar-refractivity contribution in [3.63, 3.8) is 0 Å². The quantitative estimate of drug-likeness (QED) is 0.779. The minimum Gasteiger partial charge on any atom is -0.369 e. The third-order valence-electron chi connectivity index (χ3n) is 4.58. The van der Waals surface area contributed by atoms with Gasteiger partial charge in [0.25, 0.3) is 5.91 Å². The highest BCUT2D eigenvalue weighted by Gasteiger charge is 2.25. The number of nitrogens with zero attached hydrogens (tertiary/aromatic N) is 5. The number of imidazole rings is 1. The first-order valence-corrected chi connectivity index (χ1v) is 8.61. The Hall–Kier alpha value is -3.22. The van der Waals surface area contributed by atoms with Gasteiger partial charge in [-0.05, 0) is 24.6 Å². The summed E-state index contributed by atoms with van der Waals surface area (Å²) in [5.74, 6) is -0.0595. The van der Waals surface area contributed by atoms with Crippen LogP contribution in [0.2, 0.25) is 0 Å². The summed E-state index contributed by atoms with van der Waals surface area (Å²) in [5.41, 5.74) is 2.71. The molecule has 1 fully saturated rings. The van der Waals surface area contributed by atoms with Crippen LogP contribution in [0.3, 0.4) is 0 Å². The lowest BCUT2D eigenvalue weighted by molar-refractivity contribution is 0.0930. The molecule has 4 rings (SSSR count). The van der Waals surface area contributed by atoms with E-state index in [1.54, 1.807) is 24.8 Å². The van der Waals surface area contributed by atoms with Crippen LogP contribution in [0.5, 0.6) is 0 Å². The van der Waals surface area contributed by atoms with Crippen LogP contribution >= 0.6 is 0 Å². The normalized spacial score (nSPS) is 16.7. The molecule has 7 heteroatoms. The molecule has 3 aromatic rings. The Kier molecular flexibility index (Phi) is 4.35. The lowest BCUT2D eigenvalue weighted by Gasteiger charge is -2.18. The molecule has 0 spiro atoms. The van der Waals surface area contributed by atoms with Crippen molar-refractivity contribution < 1.29 is 4.79 Å². The zero-order valence-electron chi connectivity index (χ0n) is 14.5. The number of aromatic nitrogens is 4. The van der Waals surface area contributed by atoms with E-state index in [0.29, 0.717) is 5.69 Å². The summed E-state index contributed by atoms with van der Waals surface area (Å²) in [6, 6.07) is 12.1. The topological polar surface area (TPSA) is 75.9 Å². The molecule has 1 aliphatic heterocycles. The molecule has 7 nitrogen and oxygen atoms in total. The zero-order valence-corrected chi connectivity index (χ0v) is 14.5. The number of anilines is 1. The van der Waals surface area contributed by atoms with Gasteiger partial charge in [0.2, 0.25) is 5.82 Å². The first-order chi connectivity index (χ1) is 12.7. The lowest BCUT2D eigenvalue weighted by Crippen LogP contribution is -2.38. The highest BCUT2D eigenvalue weighted by Crippen LogP contribution is 2.20. The fourth-order valence-corrected chi connectivity index (χ4v) is 3.22. The molecule has 0 bridgehead atoms. The summed E-state index contributed by atoms with van der Waals surface area (Å²) >= 11 is 0. The van der Waals surface area contributed by atoms with E-state index in [-0.39, 0.29) is 17.8 Å². The average Bonchev–Trinajstić information content (AvgIpc) is 3.31. The van der Waals surface area contributed by atoms with E-state index in [9.17, 15) is 4.79 Å². The van der Waals surface area contributed by atoms with Crippen molar-refractivity contribution in [1.29, 1.82) is 0 Å². The minimum atomic E-state index is -0.242. The maximum Gasteiger partial charge on any atom is 0.289 e. The van der Waals surface area contributed by atoms with E-state index in [4.69, 9.17) is 0 Å². The van der Waals surface area contributed by atoms with Gasteiger partial charge in [0.05, 0.1) is 23.9 Å². The fraction of sp³-hybridized carbons (Fsp3) is 0.263. The van der Waals surface area contributed by atoms with Crippen LogP contribution in [0.4, 0.5) is 5.69 Å². The van der Waals surface area contributed by atoms with Gasteiger partial charge in [0, 0.05) is 38.1 Å². The summed E-state index contributed by atoms with van der Waals surface area (Å²) in [4.78, 5) is 27.5. The molecule has 0 radical (unpaired) electrons. The molecular weight excluding hydrogens is 328 g/mol. The largest absolute Gasteiger partial charge is 0.369 e. The second kappa shape index (κ2) is 6.95. The maximum atomic E-state index is 12.6. The van der Waals surface area contributed by atoms with E-state index < -0.39 is 0 Å². The van der Waals surface area contributed by atoms with Gasteiger partial charge in [-0.1, -0.05) is 18.2 Å². The molecule has 2 aromatic heterocycles. The molecule has 0 saturated carbocycles. The van der Waals surface area contributed by atoms with E-state index >= 15 is 0 Å². The van der Waals surface area contributed by atoms with Gasteiger partial charge in [-0.3, -0.25) is 4.79 Å². The lowest BCUT2D eigenvalue weighted by atomic mass is 10.2. The zero-order chi connectivity index (χ0) is 17.9. The van der Waals surface area contributed by atoms with E-state index in [1.165, 1.54) is 5.69 Å². The molecule has 1 atom stereocenters. The summed E-state index contributed by atoms with van der Waals surface area (Å²) < 4.78 is 1.86. The second-order valence-corrected chi connectivity index (χ2v) is 6.40. The van der Waals surface area contributed by atoms with Gasteiger partial charge in [-0.25, -0.2) is 15.0 Å².